The molecule has 110 valence electrons. The third kappa shape index (κ3) is 3.49. The lowest BCUT2D eigenvalue weighted by atomic mass is 10.1. The Labute approximate surface area is 119 Å². The fourth-order valence-electron chi connectivity index (χ4n) is 2.42. The molecule has 0 spiro atoms. The van der Waals surface area contributed by atoms with Crippen LogP contribution in [0.2, 0.25) is 0 Å². The van der Waals surface area contributed by atoms with E-state index in [4.69, 9.17) is 15.2 Å². The zero-order chi connectivity index (χ0) is 14.5. The molecule has 0 atom stereocenters. The van der Waals surface area contributed by atoms with E-state index in [-0.39, 0.29) is 12.5 Å². The van der Waals surface area contributed by atoms with E-state index >= 15 is 0 Å². The number of hydrogen-bond acceptors (Lipinski definition) is 4. The number of aryl methyl sites for hydroxylation is 2. The Morgan fingerprint density at radius 3 is 2.45 bits per heavy atom. The number of nitrogens with zero attached hydrogens (tertiary/aromatic N) is 1. The molecule has 0 aliphatic carbocycles. The van der Waals surface area contributed by atoms with Gasteiger partial charge in [0.05, 0.1) is 13.2 Å². The summed E-state index contributed by atoms with van der Waals surface area (Å²) in [6.45, 7) is 7.03. The van der Waals surface area contributed by atoms with E-state index in [1.54, 1.807) is 4.90 Å². The standard InChI is InChI=1S/C15H22N2O3/c1-11-7-13(9-16)8-12(2)15(11)20-10-14(18)17-3-5-19-6-4-17/h7-8H,3-6,9-10,16H2,1-2H3. The summed E-state index contributed by atoms with van der Waals surface area (Å²) in [5.74, 6) is 0.791. The van der Waals surface area contributed by atoms with Crippen LogP contribution in [0.3, 0.4) is 0 Å². The van der Waals surface area contributed by atoms with Gasteiger partial charge in [-0.25, -0.2) is 0 Å². The van der Waals surface area contributed by atoms with E-state index in [0.717, 1.165) is 22.4 Å². The summed E-state index contributed by atoms with van der Waals surface area (Å²) in [4.78, 5) is 13.8. The van der Waals surface area contributed by atoms with Crippen molar-refractivity contribution < 1.29 is 14.3 Å². The van der Waals surface area contributed by atoms with Crippen LogP contribution in [0.25, 0.3) is 0 Å². The van der Waals surface area contributed by atoms with Crippen LogP contribution in [0.15, 0.2) is 12.1 Å². The highest BCUT2D eigenvalue weighted by atomic mass is 16.5. The van der Waals surface area contributed by atoms with Crippen LogP contribution in [0.4, 0.5) is 0 Å². The topological polar surface area (TPSA) is 64.8 Å². The molecule has 0 radical (unpaired) electrons. The second-order valence-electron chi connectivity index (χ2n) is 5.04. The van der Waals surface area contributed by atoms with Gasteiger partial charge in [0, 0.05) is 19.6 Å². The average molecular weight is 278 g/mol. The number of carbonyl (C=O) groups is 1. The molecule has 1 saturated heterocycles. The van der Waals surface area contributed by atoms with Crippen molar-refractivity contribution in [2.45, 2.75) is 20.4 Å². The molecule has 2 N–H and O–H groups in total. The van der Waals surface area contributed by atoms with Crippen molar-refractivity contribution in [3.05, 3.63) is 28.8 Å². The highest BCUT2D eigenvalue weighted by Crippen LogP contribution is 2.24. The minimum atomic E-state index is 0.00926. The molecule has 20 heavy (non-hydrogen) atoms. The largest absolute Gasteiger partial charge is 0.483 e. The quantitative estimate of drug-likeness (QED) is 0.892. The molecule has 1 amide bonds. The van der Waals surface area contributed by atoms with Crippen molar-refractivity contribution >= 4 is 5.91 Å². The average Bonchev–Trinajstić information content (AvgIpc) is 2.46. The molecule has 1 heterocycles. The first kappa shape index (κ1) is 14.8. The zero-order valence-corrected chi connectivity index (χ0v) is 12.1. The Morgan fingerprint density at radius 2 is 1.90 bits per heavy atom. The monoisotopic (exact) mass is 278 g/mol. The first-order valence-corrected chi connectivity index (χ1v) is 6.90. The molecule has 0 aromatic heterocycles. The van der Waals surface area contributed by atoms with E-state index in [2.05, 4.69) is 0 Å². The maximum absolute atomic E-state index is 12.0. The van der Waals surface area contributed by atoms with Crippen molar-refractivity contribution in [3.8, 4) is 5.75 Å². The number of rotatable bonds is 4. The van der Waals surface area contributed by atoms with E-state index in [1.807, 2.05) is 26.0 Å². The van der Waals surface area contributed by atoms with Crippen LogP contribution < -0.4 is 10.5 Å². The Bertz CT molecular complexity index is 459. The van der Waals surface area contributed by atoms with E-state index in [1.165, 1.54) is 0 Å². The molecular formula is C15H22N2O3. The molecule has 0 bridgehead atoms. The van der Waals surface area contributed by atoms with Gasteiger partial charge in [-0.3, -0.25) is 4.79 Å². The lowest BCUT2D eigenvalue weighted by Crippen LogP contribution is -2.43. The predicted octanol–water partition coefficient (Wildman–Crippen LogP) is 1.000. The summed E-state index contributed by atoms with van der Waals surface area (Å²) in [6.07, 6.45) is 0. The normalized spacial score (nSPS) is 15.2. The SMILES string of the molecule is Cc1cc(CN)cc(C)c1OCC(=O)N1CCOCC1. The minimum Gasteiger partial charge on any atom is -0.483 e. The third-order valence-electron chi connectivity index (χ3n) is 3.46. The van der Waals surface area contributed by atoms with Gasteiger partial charge in [-0.1, -0.05) is 12.1 Å². The van der Waals surface area contributed by atoms with Gasteiger partial charge >= 0.3 is 0 Å². The minimum absolute atomic E-state index is 0.00926. The van der Waals surface area contributed by atoms with Crippen molar-refractivity contribution in [2.75, 3.05) is 32.9 Å². The van der Waals surface area contributed by atoms with Crippen LogP contribution in [0.5, 0.6) is 5.75 Å². The molecular weight excluding hydrogens is 256 g/mol. The molecule has 0 unspecified atom stereocenters. The van der Waals surface area contributed by atoms with Gasteiger partial charge in [-0.2, -0.15) is 0 Å². The van der Waals surface area contributed by atoms with Crippen molar-refractivity contribution in [1.29, 1.82) is 0 Å². The predicted molar refractivity (Wildman–Crippen MR) is 76.7 cm³/mol. The summed E-state index contributed by atoms with van der Waals surface area (Å²) >= 11 is 0. The lowest BCUT2D eigenvalue weighted by molar-refractivity contribution is -0.137. The van der Waals surface area contributed by atoms with E-state index < -0.39 is 0 Å². The van der Waals surface area contributed by atoms with E-state index in [0.29, 0.717) is 32.8 Å². The fourth-order valence-corrected chi connectivity index (χ4v) is 2.42. The number of carbonyl (C=O) groups excluding carboxylic acids is 1. The van der Waals surface area contributed by atoms with E-state index in [9.17, 15) is 4.79 Å². The first-order chi connectivity index (χ1) is 9.61. The third-order valence-corrected chi connectivity index (χ3v) is 3.46. The number of amides is 1. The van der Waals surface area contributed by atoms with Crippen molar-refractivity contribution in [1.82, 2.24) is 4.90 Å². The zero-order valence-electron chi connectivity index (χ0n) is 12.1. The smallest absolute Gasteiger partial charge is 0.260 e. The summed E-state index contributed by atoms with van der Waals surface area (Å²) < 4.78 is 10.9. The Balaban J connectivity index is 1.98. The highest BCUT2D eigenvalue weighted by molar-refractivity contribution is 5.78. The Hall–Kier alpha value is -1.59. The number of nitrogens with two attached hydrogens (primary N) is 1. The van der Waals surface area contributed by atoms with Crippen LogP contribution in [0.1, 0.15) is 16.7 Å². The molecule has 1 aliphatic heterocycles. The molecule has 1 fully saturated rings. The molecule has 5 heteroatoms. The van der Waals surface area contributed by atoms with Crippen LogP contribution in [0, 0.1) is 13.8 Å². The van der Waals surface area contributed by atoms with Crippen LogP contribution in [-0.2, 0) is 16.1 Å². The maximum atomic E-state index is 12.0. The van der Waals surface area contributed by atoms with Gasteiger partial charge in [0.25, 0.3) is 5.91 Å². The van der Waals surface area contributed by atoms with Gasteiger partial charge in [-0.15, -0.1) is 0 Å². The summed E-state index contributed by atoms with van der Waals surface area (Å²) in [5, 5.41) is 0. The molecule has 5 nitrogen and oxygen atoms in total. The summed E-state index contributed by atoms with van der Waals surface area (Å²) in [5.41, 5.74) is 8.75. The summed E-state index contributed by atoms with van der Waals surface area (Å²) in [7, 11) is 0. The van der Waals surface area contributed by atoms with Crippen LogP contribution in [-0.4, -0.2) is 43.7 Å². The number of benzene rings is 1. The van der Waals surface area contributed by atoms with Crippen molar-refractivity contribution in [3.63, 3.8) is 0 Å². The van der Waals surface area contributed by atoms with Gasteiger partial charge in [-0.05, 0) is 30.5 Å². The number of ether oxygens (including phenoxy) is 2. The molecule has 1 aliphatic rings. The number of morpholine rings is 1. The fraction of sp³-hybridized carbons (Fsp3) is 0.533. The molecule has 2 rings (SSSR count). The molecule has 0 saturated carbocycles. The molecule has 1 aromatic rings. The van der Waals surface area contributed by atoms with Gasteiger partial charge in [0.1, 0.15) is 5.75 Å². The van der Waals surface area contributed by atoms with Gasteiger partial charge in [0.2, 0.25) is 0 Å². The Morgan fingerprint density at radius 1 is 1.30 bits per heavy atom. The maximum Gasteiger partial charge on any atom is 0.260 e. The lowest BCUT2D eigenvalue weighted by Gasteiger charge is -2.27. The number of hydrogen-bond donors (Lipinski definition) is 1. The van der Waals surface area contributed by atoms with Crippen LogP contribution >= 0.6 is 0 Å². The molecule has 1 aromatic carbocycles. The first-order valence-electron chi connectivity index (χ1n) is 6.90. The second-order valence-corrected chi connectivity index (χ2v) is 5.04. The van der Waals surface area contributed by atoms with Gasteiger partial charge < -0.3 is 20.1 Å². The van der Waals surface area contributed by atoms with Gasteiger partial charge in [0.15, 0.2) is 6.61 Å². The highest BCUT2D eigenvalue weighted by Gasteiger charge is 2.18. The summed E-state index contributed by atoms with van der Waals surface area (Å²) in [6, 6.07) is 4.00. The Kier molecular flexibility index (Phi) is 4.98. The van der Waals surface area contributed by atoms with Crippen molar-refractivity contribution in [2.24, 2.45) is 5.73 Å². The second kappa shape index (κ2) is 6.72.